The van der Waals surface area contributed by atoms with Gasteiger partial charge in [0.2, 0.25) is 0 Å². The van der Waals surface area contributed by atoms with E-state index in [1.54, 1.807) is 0 Å². The lowest BCUT2D eigenvalue weighted by atomic mass is 9.69. The molecular weight excluding hydrogens is 419 g/mol. The molecule has 182 valence electrons. The molecule has 2 aliphatic rings. The zero-order valence-corrected chi connectivity index (χ0v) is 20.0. The van der Waals surface area contributed by atoms with Crippen molar-refractivity contribution in [2.75, 3.05) is 13.7 Å². The molecule has 1 saturated heterocycles. The van der Waals surface area contributed by atoms with E-state index in [9.17, 15) is 14.3 Å². The quantitative estimate of drug-likeness (QED) is 0.228. The van der Waals surface area contributed by atoms with Crippen molar-refractivity contribution in [2.45, 2.75) is 82.3 Å². The third kappa shape index (κ3) is 6.54. The Morgan fingerprint density at radius 3 is 2.79 bits per heavy atom. The average Bonchev–Trinajstić information content (AvgIpc) is 3.38. The first kappa shape index (κ1) is 25.6. The lowest BCUT2D eigenvalue weighted by Gasteiger charge is -2.38. The van der Waals surface area contributed by atoms with Crippen LogP contribution >= 0.6 is 0 Å². The number of benzene rings is 1. The number of ether oxygens (including phenoxy) is 2. The standard InChI is InChI=1S/C28H39FO4/c1-3-4-7-10-23(30)17-18-24-25(11-8-5-6-9-12-27(31)32-2)28(19-26(24)33-20-28)21-13-15-22(29)16-14-21/h5,8,13-18,23-26,30H,3-4,6-7,9-12,19-20H2,1-2H3/b8-5-,18-17+/t23-,24+,25+,26+,28+/m1/s1. The van der Waals surface area contributed by atoms with Crippen LogP contribution in [0, 0.1) is 17.7 Å². The fourth-order valence-corrected chi connectivity index (χ4v) is 5.49. The first-order chi connectivity index (χ1) is 16.0. The van der Waals surface area contributed by atoms with E-state index in [0.29, 0.717) is 18.9 Å². The number of halogens is 1. The van der Waals surface area contributed by atoms with Crippen molar-refractivity contribution in [3.8, 4) is 0 Å². The van der Waals surface area contributed by atoms with Crippen LogP contribution in [0.15, 0.2) is 48.6 Å². The van der Waals surface area contributed by atoms with Gasteiger partial charge in [0.15, 0.2) is 0 Å². The Morgan fingerprint density at radius 2 is 2.06 bits per heavy atom. The van der Waals surface area contributed by atoms with Crippen LogP contribution < -0.4 is 0 Å². The molecule has 4 nitrogen and oxygen atoms in total. The molecule has 1 aromatic carbocycles. The maximum atomic E-state index is 13.6. The molecular formula is C28H39FO4. The molecule has 33 heavy (non-hydrogen) atoms. The van der Waals surface area contributed by atoms with Crippen LogP contribution in [0.1, 0.15) is 70.3 Å². The second-order valence-electron chi connectivity index (χ2n) is 9.52. The van der Waals surface area contributed by atoms with Gasteiger partial charge < -0.3 is 14.6 Å². The van der Waals surface area contributed by atoms with Crippen LogP contribution in [-0.4, -0.2) is 37.0 Å². The Bertz CT molecular complexity index is 803. The Labute approximate surface area is 197 Å². The Kier molecular flexibility index (Phi) is 9.69. The average molecular weight is 459 g/mol. The van der Waals surface area contributed by atoms with E-state index in [4.69, 9.17) is 9.47 Å². The molecule has 1 heterocycles. The van der Waals surface area contributed by atoms with Crippen molar-refractivity contribution < 1.29 is 23.8 Å². The van der Waals surface area contributed by atoms with E-state index < -0.39 is 6.10 Å². The van der Waals surface area contributed by atoms with Gasteiger partial charge in [0.1, 0.15) is 5.82 Å². The first-order valence-electron chi connectivity index (χ1n) is 12.5. The van der Waals surface area contributed by atoms with E-state index in [0.717, 1.165) is 56.9 Å². The number of unbranched alkanes of at least 4 members (excludes halogenated alkanes) is 3. The second-order valence-corrected chi connectivity index (χ2v) is 9.52. The number of rotatable bonds is 13. The second kappa shape index (κ2) is 12.5. The number of carbonyl (C=O) groups excluding carboxylic acids is 1. The van der Waals surface area contributed by atoms with Crippen molar-refractivity contribution in [2.24, 2.45) is 11.8 Å². The van der Waals surface area contributed by atoms with Crippen LogP contribution in [0.5, 0.6) is 0 Å². The number of esters is 1. The molecule has 3 rings (SSSR count). The Morgan fingerprint density at radius 1 is 1.27 bits per heavy atom. The summed E-state index contributed by atoms with van der Waals surface area (Å²) >= 11 is 0. The zero-order chi connectivity index (χ0) is 23.7. The predicted octanol–water partition coefficient (Wildman–Crippen LogP) is 5.89. The van der Waals surface area contributed by atoms with Crippen molar-refractivity contribution in [1.82, 2.24) is 0 Å². The van der Waals surface area contributed by atoms with Gasteiger partial charge in [0.05, 0.1) is 25.9 Å². The Balaban J connectivity index is 1.71. The monoisotopic (exact) mass is 458 g/mol. The Hall–Kier alpha value is -1.98. The number of hydrogen-bond donors (Lipinski definition) is 1. The van der Waals surface area contributed by atoms with Crippen LogP contribution in [0.25, 0.3) is 0 Å². The number of aliphatic hydroxyl groups excluding tert-OH is 1. The fraction of sp³-hybridized carbons (Fsp3) is 0.607. The summed E-state index contributed by atoms with van der Waals surface area (Å²) in [5.41, 5.74) is 0.992. The SMILES string of the molecule is CCCCC[C@@H](O)/C=C/[C@@H]1[C@@H]2C[C@@](c3ccc(F)cc3)(CO2)[C@H]1C/C=C\CCCC(=O)OC. The van der Waals surface area contributed by atoms with Crippen LogP contribution in [0.3, 0.4) is 0 Å². The summed E-state index contributed by atoms with van der Waals surface area (Å²) < 4.78 is 24.5. The van der Waals surface area contributed by atoms with Gasteiger partial charge in [-0.25, -0.2) is 4.39 Å². The number of carbonyl (C=O) groups is 1. The van der Waals surface area contributed by atoms with Gasteiger partial charge in [0.25, 0.3) is 0 Å². The summed E-state index contributed by atoms with van der Waals surface area (Å²) in [6.07, 6.45) is 16.1. The molecule has 2 fully saturated rings. The number of aliphatic hydroxyl groups is 1. The van der Waals surface area contributed by atoms with E-state index in [2.05, 4.69) is 25.2 Å². The predicted molar refractivity (Wildman–Crippen MR) is 128 cm³/mol. The molecule has 1 N–H and O–H groups in total. The minimum atomic E-state index is -0.424. The molecule has 0 amide bonds. The van der Waals surface area contributed by atoms with Crippen LogP contribution in [0.2, 0.25) is 0 Å². The minimum Gasteiger partial charge on any atom is -0.469 e. The molecule has 1 aromatic rings. The third-order valence-corrected chi connectivity index (χ3v) is 7.34. The molecule has 0 spiro atoms. The topological polar surface area (TPSA) is 55.8 Å². The third-order valence-electron chi connectivity index (χ3n) is 7.34. The number of fused-ring (bicyclic) bond motifs is 2. The normalized spacial score (nSPS) is 27.6. The molecule has 1 aliphatic carbocycles. The lowest BCUT2D eigenvalue weighted by molar-refractivity contribution is -0.140. The lowest BCUT2D eigenvalue weighted by Crippen LogP contribution is -2.39. The van der Waals surface area contributed by atoms with Gasteiger partial charge in [-0.3, -0.25) is 4.79 Å². The van der Waals surface area contributed by atoms with Gasteiger partial charge in [-0.2, -0.15) is 0 Å². The highest BCUT2D eigenvalue weighted by atomic mass is 19.1. The highest BCUT2D eigenvalue weighted by Gasteiger charge is 2.58. The molecule has 0 aromatic heterocycles. The van der Waals surface area contributed by atoms with E-state index in [1.807, 2.05) is 18.2 Å². The van der Waals surface area contributed by atoms with E-state index in [1.165, 1.54) is 19.2 Å². The summed E-state index contributed by atoms with van der Waals surface area (Å²) in [4.78, 5) is 11.3. The van der Waals surface area contributed by atoms with Gasteiger partial charge in [-0.1, -0.05) is 62.6 Å². The number of allylic oxidation sites excluding steroid dienone is 2. The van der Waals surface area contributed by atoms with E-state index >= 15 is 0 Å². The summed E-state index contributed by atoms with van der Waals surface area (Å²) in [6, 6.07) is 6.88. The van der Waals surface area contributed by atoms with E-state index in [-0.39, 0.29) is 29.2 Å². The largest absolute Gasteiger partial charge is 0.469 e. The molecule has 1 aliphatic heterocycles. The molecule has 5 heteroatoms. The van der Waals surface area contributed by atoms with Crippen molar-refractivity contribution in [1.29, 1.82) is 0 Å². The van der Waals surface area contributed by atoms with Crippen LogP contribution in [-0.2, 0) is 19.7 Å². The molecule has 0 unspecified atom stereocenters. The van der Waals surface area contributed by atoms with Crippen molar-refractivity contribution >= 4 is 5.97 Å². The fourth-order valence-electron chi connectivity index (χ4n) is 5.49. The molecule has 1 saturated carbocycles. The zero-order valence-electron chi connectivity index (χ0n) is 20.0. The summed E-state index contributed by atoms with van der Waals surface area (Å²) in [5, 5.41) is 10.4. The minimum absolute atomic E-state index is 0.117. The van der Waals surface area contributed by atoms with Gasteiger partial charge in [0, 0.05) is 17.8 Å². The van der Waals surface area contributed by atoms with Gasteiger partial charge >= 0.3 is 5.97 Å². The summed E-state index contributed by atoms with van der Waals surface area (Å²) in [7, 11) is 1.42. The highest BCUT2D eigenvalue weighted by Crippen LogP contribution is 2.57. The van der Waals surface area contributed by atoms with Crippen LogP contribution in [0.4, 0.5) is 4.39 Å². The van der Waals surface area contributed by atoms with Crippen molar-refractivity contribution in [3.05, 3.63) is 60.0 Å². The smallest absolute Gasteiger partial charge is 0.305 e. The summed E-state index contributed by atoms with van der Waals surface area (Å²) in [6.45, 7) is 2.81. The maximum absolute atomic E-state index is 13.6. The number of methoxy groups -OCH3 is 1. The van der Waals surface area contributed by atoms with Crippen molar-refractivity contribution in [3.63, 3.8) is 0 Å². The molecule has 5 atom stereocenters. The van der Waals surface area contributed by atoms with Gasteiger partial charge in [-0.05, 0) is 55.7 Å². The van der Waals surface area contributed by atoms with Gasteiger partial charge in [-0.15, -0.1) is 0 Å². The maximum Gasteiger partial charge on any atom is 0.305 e. The molecule has 0 radical (unpaired) electrons. The first-order valence-corrected chi connectivity index (χ1v) is 12.5. The molecule has 2 bridgehead atoms. The number of hydrogen-bond acceptors (Lipinski definition) is 4. The highest BCUT2D eigenvalue weighted by molar-refractivity contribution is 5.69. The summed E-state index contributed by atoms with van der Waals surface area (Å²) in [5.74, 6) is 0.130.